The van der Waals surface area contributed by atoms with Crippen LogP contribution in [-0.2, 0) is 19.1 Å². The second-order valence-corrected chi connectivity index (χ2v) is 7.31. The number of hydrogen-bond donors (Lipinski definition) is 1. The molecular weight excluding hydrogens is 412 g/mol. The second kappa shape index (κ2) is 9.42. The summed E-state index contributed by atoms with van der Waals surface area (Å²) in [5.74, 6) is -0.737. The first-order valence-electron chi connectivity index (χ1n) is 10.2. The number of rotatable bonds is 6. The number of nitrogens with one attached hydrogen (secondary N) is 1. The quantitative estimate of drug-likeness (QED) is 0.701. The van der Waals surface area contributed by atoms with E-state index < -0.39 is 18.5 Å². The number of benzene rings is 2. The van der Waals surface area contributed by atoms with Gasteiger partial charge in [-0.1, -0.05) is 42.5 Å². The first-order chi connectivity index (χ1) is 15.5. The Morgan fingerprint density at radius 1 is 1.09 bits per heavy atom. The molecule has 0 aliphatic carbocycles. The fourth-order valence-electron chi connectivity index (χ4n) is 3.53. The van der Waals surface area contributed by atoms with Crippen molar-refractivity contribution in [1.29, 1.82) is 0 Å². The first kappa shape index (κ1) is 21.2. The first-order valence-corrected chi connectivity index (χ1v) is 10.2. The summed E-state index contributed by atoms with van der Waals surface area (Å²) in [6, 6.07) is 16.7. The third-order valence-corrected chi connectivity index (χ3v) is 5.24. The Morgan fingerprint density at radius 3 is 2.50 bits per heavy atom. The van der Waals surface area contributed by atoms with Gasteiger partial charge in [0.25, 0.3) is 5.91 Å². The monoisotopic (exact) mass is 434 g/mol. The number of methoxy groups -OCH3 is 1. The molecule has 164 valence electrons. The number of nitrogens with zero attached hydrogens (tertiary/aromatic N) is 3. The molecule has 2 aromatic carbocycles. The summed E-state index contributed by atoms with van der Waals surface area (Å²) in [6.07, 6.45) is 0.848. The Hall–Kier alpha value is -4.01. The van der Waals surface area contributed by atoms with Crippen LogP contribution >= 0.6 is 0 Å². The average molecular weight is 434 g/mol. The smallest absolute Gasteiger partial charge is 0.355 e. The fraction of sp³-hybridized carbons (Fsp3) is 0.261. The van der Waals surface area contributed by atoms with Crippen molar-refractivity contribution in [2.75, 3.05) is 13.7 Å². The van der Waals surface area contributed by atoms with Crippen LogP contribution in [0.2, 0.25) is 0 Å². The minimum absolute atomic E-state index is 0.0824. The van der Waals surface area contributed by atoms with Gasteiger partial charge in [0.15, 0.2) is 6.61 Å². The van der Waals surface area contributed by atoms with Gasteiger partial charge in [0, 0.05) is 19.3 Å². The molecule has 32 heavy (non-hydrogen) atoms. The highest BCUT2D eigenvalue weighted by Crippen LogP contribution is 2.33. The third-order valence-electron chi connectivity index (χ3n) is 5.24. The molecule has 0 bridgehead atoms. The maximum atomic E-state index is 13.0. The third kappa shape index (κ3) is 4.66. The van der Waals surface area contributed by atoms with Crippen LogP contribution in [-0.4, -0.2) is 47.9 Å². The van der Waals surface area contributed by atoms with Gasteiger partial charge in [0.1, 0.15) is 11.5 Å². The van der Waals surface area contributed by atoms with Crippen molar-refractivity contribution in [3.63, 3.8) is 0 Å². The van der Waals surface area contributed by atoms with Crippen LogP contribution in [0.15, 0.2) is 64.8 Å². The minimum atomic E-state index is -0.731. The second-order valence-electron chi connectivity index (χ2n) is 7.31. The lowest BCUT2D eigenvalue weighted by atomic mass is 9.98. The van der Waals surface area contributed by atoms with E-state index in [-0.39, 0.29) is 30.5 Å². The molecule has 0 saturated heterocycles. The molecule has 0 aromatic heterocycles. The highest BCUT2D eigenvalue weighted by molar-refractivity contribution is 6.37. The number of hydrogen-bond acceptors (Lipinski definition) is 7. The molecule has 1 N–H and O–H groups in total. The molecule has 0 saturated carbocycles. The molecule has 2 amide bonds. The zero-order valence-electron chi connectivity index (χ0n) is 17.5. The highest BCUT2D eigenvalue weighted by atomic mass is 16.5. The van der Waals surface area contributed by atoms with Gasteiger partial charge < -0.3 is 9.47 Å². The van der Waals surface area contributed by atoms with Gasteiger partial charge in [0.2, 0.25) is 5.91 Å². The van der Waals surface area contributed by atoms with Gasteiger partial charge in [-0.05, 0) is 23.3 Å². The lowest BCUT2D eigenvalue weighted by molar-refractivity contribution is -0.148. The molecule has 0 radical (unpaired) electrons. The lowest BCUT2D eigenvalue weighted by Gasteiger charge is -2.22. The Labute approximate surface area is 184 Å². The van der Waals surface area contributed by atoms with Gasteiger partial charge in [-0.2, -0.15) is 10.2 Å². The van der Waals surface area contributed by atoms with Crippen molar-refractivity contribution in [1.82, 2.24) is 10.4 Å². The van der Waals surface area contributed by atoms with Gasteiger partial charge >= 0.3 is 5.97 Å². The van der Waals surface area contributed by atoms with Crippen molar-refractivity contribution in [3.8, 4) is 5.75 Å². The van der Waals surface area contributed by atoms with Gasteiger partial charge in [-0.15, -0.1) is 0 Å². The average Bonchev–Trinajstić information content (AvgIpc) is 3.29. The summed E-state index contributed by atoms with van der Waals surface area (Å²) in [7, 11) is 1.59. The zero-order valence-corrected chi connectivity index (χ0v) is 17.5. The van der Waals surface area contributed by atoms with Crippen LogP contribution < -0.4 is 10.2 Å². The summed E-state index contributed by atoms with van der Waals surface area (Å²) < 4.78 is 10.4. The van der Waals surface area contributed by atoms with E-state index in [1.165, 1.54) is 5.01 Å². The van der Waals surface area contributed by atoms with Crippen LogP contribution in [0, 0.1) is 0 Å². The summed E-state index contributed by atoms with van der Waals surface area (Å²) in [5.41, 5.74) is 4.90. The van der Waals surface area contributed by atoms with E-state index in [2.05, 4.69) is 15.6 Å². The molecule has 2 heterocycles. The van der Waals surface area contributed by atoms with E-state index in [0.717, 1.165) is 16.8 Å². The maximum absolute atomic E-state index is 13.0. The largest absolute Gasteiger partial charge is 0.497 e. The molecule has 9 heteroatoms. The van der Waals surface area contributed by atoms with E-state index in [0.29, 0.717) is 12.2 Å². The van der Waals surface area contributed by atoms with E-state index in [1.807, 2.05) is 54.6 Å². The molecule has 2 aliphatic rings. The number of hydrazone groups is 2. The Bertz CT molecular complexity index is 1080. The van der Waals surface area contributed by atoms with Crippen LogP contribution in [0.3, 0.4) is 0 Å². The van der Waals surface area contributed by atoms with E-state index in [9.17, 15) is 14.4 Å². The molecule has 2 aliphatic heterocycles. The minimum Gasteiger partial charge on any atom is -0.497 e. The maximum Gasteiger partial charge on any atom is 0.355 e. The SMILES string of the molecule is COc1ccc([C@H]2CC(c3ccccc3)=NN2C(=O)COC(=O)C2=NNC(=O)CC2)cc1. The molecule has 4 rings (SSSR count). The Kier molecular flexibility index (Phi) is 6.25. The number of carbonyl (C=O) groups is 3. The predicted molar refractivity (Wildman–Crippen MR) is 116 cm³/mol. The highest BCUT2D eigenvalue weighted by Gasteiger charge is 2.34. The van der Waals surface area contributed by atoms with E-state index in [4.69, 9.17) is 9.47 Å². The molecule has 1 atom stereocenters. The van der Waals surface area contributed by atoms with Crippen molar-refractivity contribution >= 4 is 29.2 Å². The summed E-state index contributed by atoms with van der Waals surface area (Å²) >= 11 is 0. The Morgan fingerprint density at radius 2 is 1.84 bits per heavy atom. The van der Waals surface area contributed by atoms with Crippen molar-refractivity contribution in [3.05, 3.63) is 65.7 Å². The van der Waals surface area contributed by atoms with Gasteiger partial charge in [-0.25, -0.2) is 15.2 Å². The predicted octanol–water partition coefficient (Wildman–Crippen LogP) is 2.18. The fourth-order valence-corrected chi connectivity index (χ4v) is 3.53. The molecule has 2 aromatic rings. The summed E-state index contributed by atoms with van der Waals surface area (Å²) in [4.78, 5) is 36.4. The van der Waals surface area contributed by atoms with E-state index >= 15 is 0 Å². The number of esters is 1. The lowest BCUT2D eigenvalue weighted by Crippen LogP contribution is -2.34. The van der Waals surface area contributed by atoms with Crippen molar-refractivity contribution in [2.45, 2.75) is 25.3 Å². The molecule has 9 nitrogen and oxygen atoms in total. The molecular formula is C23H22N4O5. The summed E-state index contributed by atoms with van der Waals surface area (Å²) in [6.45, 7) is -0.482. The Balaban J connectivity index is 1.51. The topological polar surface area (TPSA) is 110 Å². The van der Waals surface area contributed by atoms with Crippen LogP contribution in [0.5, 0.6) is 5.75 Å². The normalized spacial score (nSPS) is 17.8. The molecule has 0 spiro atoms. The van der Waals surface area contributed by atoms with Gasteiger partial charge in [0.05, 0.1) is 18.9 Å². The number of carbonyl (C=O) groups excluding carboxylic acids is 3. The molecule has 0 fully saturated rings. The van der Waals surface area contributed by atoms with E-state index in [1.54, 1.807) is 7.11 Å². The van der Waals surface area contributed by atoms with Crippen LogP contribution in [0.25, 0.3) is 0 Å². The van der Waals surface area contributed by atoms with Crippen molar-refractivity contribution < 1.29 is 23.9 Å². The standard InChI is InChI=1S/C23H22N4O5/c1-31-17-9-7-16(8-10-17)20-13-19(15-5-3-2-4-6-15)26-27(20)22(29)14-32-23(30)18-11-12-21(28)25-24-18/h2-10,20H,11-14H2,1H3,(H,25,28)/t20-/m1/s1. The van der Waals surface area contributed by atoms with Crippen LogP contribution in [0.4, 0.5) is 0 Å². The van der Waals surface area contributed by atoms with Crippen LogP contribution in [0.1, 0.15) is 36.4 Å². The molecule has 0 unspecified atom stereocenters. The summed E-state index contributed by atoms with van der Waals surface area (Å²) in [5, 5.41) is 9.61. The number of amides is 2. The number of ether oxygens (including phenoxy) is 2. The van der Waals surface area contributed by atoms with Crippen molar-refractivity contribution in [2.24, 2.45) is 10.2 Å². The van der Waals surface area contributed by atoms with Gasteiger partial charge in [-0.3, -0.25) is 9.59 Å². The zero-order chi connectivity index (χ0) is 22.5.